The van der Waals surface area contributed by atoms with Gasteiger partial charge in [-0.1, -0.05) is 121 Å². The Morgan fingerprint density at radius 1 is 0.429 bits per heavy atom. The van der Waals surface area contributed by atoms with Crippen LogP contribution in [0.2, 0.25) is 0 Å². The standard InChI is InChI=1S/C20H27NO6.C20H25NO5.C20H23NO5.C15H18O4.C8H12O4.C5H11NO3/c1-13(22)17(20(25)26-2)21-18(23)15-8-10-16(11-9-15)19(24)27-12-14-6-4-3-5-7-14;2*1-13-17(20(23)24-2)21-18(26-13)15-8-10-16(11-9-15)19(22)25-12-14-6-4-3-5-7-14;16-14(17)12-6-8-13(9-7-12)15(18)19-10-11-4-2-1-3-5-11;9-7(10)5-1-2-6(4-3-5)8(11)12;1-3(7)4(6)5(8)9-2/h3-7,13,15-17,22H,8-12H2,1-2H3,(H,21,23);3-7,13,15-17H,8-12H2,1-2H3;3-7,15-16H,8-12H2,1-2H3;1-5,12-13H,6-10H2,(H,16,17);5-6H,1-4H2,(H,9,10)(H,11,12);3-4,7H,6H2,1-2H3/t13-,15?,16?,17+;;;;;3-,4+/m1....1/s1. The van der Waals surface area contributed by atoms with Crippen LogP contribution in [0, 0.1) is 60.2 Å². The second-order valence-corrected chi connectivity index (χ2v) is 30.4. The van der Waals surface area contributed by atoms with Crippen molar-refractivity contribution in [2.24, 2.45) is 64.0 Å². The number of nitrogens with two attached hydrogens (primary N) is 1. The summed E-state index contributed by atoms with van der Waals surface area (Å²) in [6.45, 7) is 7.53. The SMILES string of the molecule is COC(=O)C1N=C(C2CCC(C(=O)OCc3ccccc3)CC2)OC1C.COC(=O)[C@@H](N)[C@@H](C)O.COC(=O)[C@@H](NC(=O)C1CCC(C(=O)OCc2ccccc2)CC1)[C@@H](C)O.COC(=O)c1nc(C2CCC(C(=O)OCc3ccccc3)CC2)oc1C.O=C(O)C1CCC(C(=O)O)CC1.O=C(O)C1CCC(C(=O)OCc2ccccc2)CC1. The molecule has 5 aromatic rings. The van der Waals surface area contributed by atoms with Gasteiger partial charge in [0.1, 0.15) is 44.3 Å². The third-order valence-electron chi connectivity index (χ3n) is 21.9. The highest BCUT2D eigenvalue weighted by atomic mass is 16.6. The topological polar surface area (TPSA) is 466 Å². The zero-order valence-corrected chi connectivity index (χ0v) is 68.9. The number of methoxy groups -OCH3 is 4. The molecule has 5 saturated carbocycles. The van der Waals surface area contributed by atoms with Gasteiger partial charge in [0.25, 0.3) is 0 Å². The van der Waals surface area contributed by atoms with Gasteiger partial charge >= 0.3 is 65.7 Å². The van der Waals surface area contributed by atoms with Crippen LogP contribution in [0.1, 0.15) is 199 Å². The molecule has 11 rings (SSSR count). The van der Waals surface area contributed by atoms with E-state index in [0.717, 1.165) is 73.6 Å². The molecule has 6 atom stereocenters. The highest BCUT2D eigenvalue weighted by Crippen LogP contribution is 2.39. The molecule has 0 spiro atoms. The maximum Gasteiger partial charge on any atom is 0.360 e. The summed E-state index contributed by atoms with van der Waals surface area (Å²) in [6, 6.07) is 35.8. The molecular formula is C88H116N4O27. The fourth-order valence-corrected chi connectivity index (χ4v) is 14.4. The van der Waals surface area contributed by atoms with Crippen LogP contribution in [-0.4, -0.2) is 173 Å². The fraction of sp³-hybridized carbons (Fsp3) is 0.545. The molecular weight excluding hydrogens is 1540 g/mol. The zero-order chi connectivity index (χ0) is 87.1. The van der Waals surface area contributed by atoms with Crippen LogP contribution in [-0.2, 0) is 122 Å². The average molecular weight is 1660 g/mol. The summed E-state index contributed by atoms with van der Waals surface area (Å²) in [5, 5.41) is 47.0. The van der Waals surface area contributed by atoms with E-state index >= 15 is 0 Å². The minimum absolute atomic E-state index is 0.0780. The Hall–Kier alpha value is -10.9. The van der Waals surface area contributed by atoms with Crippen molar-refractivity contribution in [3.63, 3.8) is 0 Å². The lowest BCUT2D eigenvalue weighted by atomic mass is 9.81. The van der Waals surface area contributed by atoms with E-state index in [1.807, 2.05) is 128 Å². The van der Waals surface area contributed by atoms with Crippen LogP contribution in [0.25, 0.3) is 0 Å². The van der Waals surface area contributed by atoms with E-state index in [1.165, 1.54) is 42.3 Å². The number of benzene rings is 4. The molecule has 5 fully saturated rings. The van der Waals surface area contributed by atoms with Crippen molar-refractivity contribution in [3.8, 4) is 0 Å². The predicted molar refractivity (Wildman–Crippen MR) is 428 cm³/mol. The van der Waals surface area contributed by atoms with Gasteiger partial charge in [0.15, 0.2) is 29.6 Å². The number of aliphatic carboxylic acids is 3. The Kier molecular flexibility index (Phi) is 41.3. The van der Waals surface area contributed by atoms with Gasteiger partial charge in [-0.05, 0) is 178 Å². The Bertz CT molecular complexity index is 4020. The minimum Gasteiger partial charge on any atom is -0.481 e. The number of aryl methyl sites for hydroxylation is 1. The Morgan fingerprint density at radius 2 is 0.748 bits per heavy atom. The molecule has 6 aliphatic rings. The molecule has 2 unspecified atom stereocenters. The minimum atomic E-state index is -1.09. The van der Waals surface area contributed by atoms with E-state index in [-0.39, 0.29) is 113 Å². The molecule has 0 radical (unpaired) electrons. The number of aliphatic imine (C=N–C) groups is 1. The fourth-order valence-electron chi connectivity index (χ4n) is 14.4. The van der Waals surface area contributed by atoms with Crippen molar-refractivity contribution in [1.29, 1.82) is 0 Å². The number of aromatic nitrogens is 1. The number of hydrogen-bond donors (Lipinski definition) is 7. The van der Waals surface area contributed by atoms with Gasteiger partial charge < -0.3 is 83.6 Å². The largest absolute Gasteiger partial charge is 0.481 e. The van der Waals surface area contributed by atoms with E-state index in [0.29, 0.717) is 114 Å². The van der Waals surface area contributed by atoms with Crippen molar-refractivity contribution in [3.05, 3.63) is 161 Å². The summed E-state index contributed by atoms with van der Waals surface area (Å²) in [7, 11) is 5.11. The molecule has 31 nitrogen and oxygen atoms in total. The molecule has 2 heterocycles. The molecule has 5 aliphatic carbocycles. The van der Waals surface area contributed by atoms with Gasteiger partial charge in [-0.15, -0.1) is 0 Å². The number of rotatable bonds is 25. The first-order valence-corrected chi connectivity index (χ1v) is 40.4. The van der Waals surface area contributed by atoms with E-state index in [1.54, 1.807) is 6.92 Å². The average Bonchev–Trinajstić information content (AvgIpc) is 1.62. The van der Waals surface area contributed by atoms with Crippen molar-refractivity contribution in [2.75, 3.05) is 28.4 Å². The third kappa shape index (κ3) is 32.4. The lowest BCUT2D eigenvalue weighted by molar-refractivity contribution is -0.153. The van der Waals surface area contributed by atoms with Crippen LogP contribution in [0.15, 0.2) is 131 Å². The van der Waals surface area contributed by atoms with Crippen molar-refractivity contribution >= 4 is 77.5 Å². The summed E-state index contributed by atoms with van der Waals surface area (Å²) in [4.78, 5) is 147. The molecule has 119 heavy (non-hydrogen) atoms. The number of carbonyl (C=O) groups is 12. The maximum atomic E-state index is 12.4. The van der Waals surface area contributed by atoms with Crippen molar-refractivity contribution in [2.45, 2.75) is 225 Å². The highest BCUT2D eigenvalue weighted by molar-refractivity contribution is 5.89. The van der Waals surface area contributed by atoms with Crippen LogP contribution >= 0.6 is 0 Å². The number of aliphatic hydroxyl groups excluding tert-OH is 2. The second kappa shape index (κ2) is 50.8. The predicted octanol–water partition coefficient (Wildman–Crippen LogP) is 10.7. The number of carboxylic acid groups (broad SMARTS) is 3. The summed E-state index contributed by atoms with van der Waals surface area (Å²) >= 11 is 0. The molecule has 1 aliphatic heterocycles. The molecule has 8 N–H and O–H groups in total. The molecule has 4 aromatic carbocycles. The van der Waals surface area contributed by atoms with E-state index in [4.69, 9.17) is 63.7 Å². The number of carboxylic acids is 3. The number of nitrogens with one attached hydrogen (secondary N) is 1. The number of amides is 1. The van der Waals surface area contributed by atoms with Gasteiger partial charge in [0.05, 0.1) is 82.1 Å². The molecule has 0 saturated heterocycles. The van der Waals surface area contributed by atoms with Gasteiger partial charge in [-0.3, -0.25) is 43.2 Å². The number of esters is 8. The summed E-state index contributed by atoms with van der Waals surface area (Å²) in [6.07, 6.45) is 10.5. The Balaban J connectivity index is 0.000000229. The van der Waals surface area contributed by atoms with Gasteiger partial charge in [-0.25, -0.2) is 24.4 Å². The van der Waals surface area contributed by atoms with Crippen LogP contribution in [0.3, 0.4) is 0 Å². The Morgan fingerprint density at radius 3 is 1.04 bits per heavy atom. The van der Waals surface area contributed by atoms with Crippen molar-refractivity contribution in [1.82, 2.24) is 10.3 Å². The smallest absolute Gasteiger partial charge is 0.360 e. The van der Waals surface area contributed by atoms with Crippen LogP contribution in [0.5, 0.6) is 0 Å². The van der Waals surface area contributed by atoms with Gasteiger partial charge in [-0.2, -0.15) is 0 Å². The number of ether oxygens (including phenoxy) is 9. The quantitative estimate of drug-likeness (QED) is 0.0211. The van der Waals surface area contributed by atoms with E-state index in [2.05, 4.69) is 24.8 Å². The van der Waals surface area contributed by atoms with Crippen LogP contribution < -0.4 is 11.1 Å². The first-order valence-electron chi connectivity index (χ1n) is 40.4. The number of oxazole rings is 1. The lowest BCUT2D eigenvalue weighted by Gasteiger charge is -2.28. The number of nitrogens with zero attached hydrogens (tertiary/aromatic N) is 2. The molecule has 0 bridgehead atoms. The first-order chi connectivity index (χ1) is 56.9. The number of hydrogen-bond acceptors (Lipinski definition) is 27. The summed E-state index contributed by atoms with van der Waals surface area (Å²) < 4.78 is 51.3. The number of carbonyl (C=O) groups excluding carboxylic acids is 9. The molecule has 1 aromatic heterocycles. The summed E-state index contributed by atoms with van der Waals surface area (Å²) in [5.74, 6) is -5.33. The lowest BCUT2D eigenvalue weighted by Crippen LogP contribution is -2.50. The van der Waals surface area contributed by atoms with Gasteiger partial charge in [0.2, 0.25) is 5.91 Å². The zero-order valence-electron chi connectivity index (χ0n) is 68.9. The summed E-state index contributed by atoms with van der Waals surface area (Å²) in [5.41, 5.74) is 9.26. The van der Waals surface area contributed by atoms with E-state index in [9.17, 15) is 62.6 Å². The van der Waals surface area contributed by atoms with Gasteiger partial charge in [0, 0.05) is 17.8 Å². The normalized spacial score (nSPS) is 23.2. The van der Waals surface area contributed by atoms with E-state index < -0.39 is 66.1 Å². The molecule has 1 amide bonds. The highest BCUT2D eigenvalue weighted by Gasteiger charge is 2.41. The monoisotopic (exact) mass is 1660 g/mol. The number of aliphatic hydroxyl groups is 2. The second-order valence-electron chi connectivity index (χ2n) is 30.4. The first kappa shape index (κ1) is 96.9. The molecule has 31 heteroatoms. The maximum absolute atomic E-state index is 12.4. The molecule has 650 valence electrons. The Labute approximate surface area is 693 Å². The van der Waals surface area contributed by atoms with Crippen LogP contribution in [0.4, 0.5) is 0 Å². The van der Waals surface area contributed by atoms with Crippen molar-refractivity contribution < 1.29 is 130 Å². The third-order valence-corrected chi connectivity index (χ3v) is 21.9.